The van der Waals surface area contributed by atoms with Gasteiger partial charge in [0, 0.05) is 50.4 Å². The Bertz CT molecular complexity index is 382. The summed E-state index contributed by atoms with van der Waals surface area (Å²) in [4.78, 5) is 13.8. The van der Waals surface area contributed by atoms with E-state index in [1.54, 1.807) is 0 Å². The zero-order chi connectivity index (χ0) is 12.4. The molecule has 0 spiro atoms. The Morgan fingerprint density at radius 3 is 2.33 bits per heavy atom. The van der Waals surface area contributed by atoms with Gasteiger partial charge in [-0.15, -0.1) is 0 Å². The van der Waals surface area contributed by atoms with Gasteiger partial charge in [0.1, 0.15) is 0 Å². The molecule has 18 heavy (non-hydrogen) atoms. The molecule has 98 valence electrons. The van der Waals surface area contributed by atoms with Crippen LogP contribution in [0.25, 0.3) is 0 Å². The molecule has 0 atom stereocenters. The van der Waals surface area contributed by atoms with Crippen molar-refractivity contribution in [1.82, 2.24) is 14.9 Å². The zero-order valence-electron chi connectivity index (χ0n) is 10.6. The third-order valence-electron chi connectivity index (χ3n) is 3.71. The highest BCUT2D eigenvalue weighted by Gasteiger charge is 2.26. The Balaban J connectivity index is 1.54. The molecule has 0 unspecified atom stereocenters. The number of aromatic nitrogens is 2. The molecule has 1 aromatic heterocycles. The molecule has 3 rings (SSSR count). The van der Waals surface area contributed by atoms with Crippen molar-refractivity contribution >= 4 is 21.9 Å². The van der Waals surface area contributed by atoms with Crippen molar-refractivity contribution in [3.05, 3.63) is 18.0 Å². The maximum atomic E-state index is 4.44. The largest absolute Gasteiger partial charge is 0.338 e. The van der Waals surface area contributed by atoms with Crippen LogP contribution >= 0.6 is 15.9 Å². The van der Waals surface area contributed by atoms with Gasteiger partial charge in [-0.2, -0.15) is 0 Å². The second kappa shape index (κ2) is 5.53. The number of anilines is 1. The third-order valence-corrected chi connectivity index (χ3v) is 4.36. The average molecular weight is 311 g/mol. The van der Waals surface area contributed by atoms with Gasteiger partial charge in [0.25, 0.3) is 0 Å². The van der Waals surface area contributed by atoms with Crippen molar-refractivity contribution in [1.29, 1.82) is 0 Å². The van der Waals surface area contributed by atoms with E-state index in [1.807, 2.05) is 12.4 Å². The molecular weight excluding hydrogens is 292 g/mol. The fraction of sp³-hybridized carbons (Fsp3) is 0.692. The van der Waals surface area contributed by atoms with Gasteiger partial charge in [0.15, 0.2) is 0 Å². The van der Waals surface area contributed by atoms with E-state index in [2.05, 4.69) is 35.7 Å². The van der Waals surface area contributed by atoms with Gasteiger partial charge in [0.05, 0.1) is 0 Å². The fourth-order valence-electron chi connectivity index (χ4n) is 2.38. The molecule has 1 aliphatic carbocycles. The number of rotatable bonds is 4. The van der Waals surface area contributed by atoms with Gasteiger partial charge in [0.2, 0.25) is 5.95 Å². The lowest BCUT2D eigenvalue weighted by Gasteiger charge is -2.34. The standard InChI is InChI=1S/C13H19BrN4/c14-7-12-8-15-13(16-9-12)18-5-3-17(4-6-18)10-11-1-2-11/h8-9,11H,1-7,10H2. The van der Waals surface area contributed by atoms with Crippen LogP contribution in [0.1, 0.15) is 18.4 Å². The molecule has 2 heterocycles. The molecule has 0 N–H and O–H groups in total. The first kappa shape index (κ1) is 12.4. The van der Waals surface area contributed by atoms with Gasteiger partial charge in [-0.1, -0.05) is 15.9 Å². The lowest BCUT2D eigenvalue weighted by Crippen LogP contribution is -2.47. The Kier molecular flexibility index (Phi) is 3.80. The van der Waals surface area contributed by atoms with E-state index in [1.165, 1.54) is 19.4 Å². The number of hydrogen-bond donors (Lipinski definition) is 0. The minimum Gasteiger partial charge on any atom is -0.338 e. The van der Waals surface area contributed by atoms with Crippen LogP contribution in [0.5, 0.6) is 0 Å². The SMILES string of the molecule is BrCc1cnc(N2CCN(CC3CC3)CC2)nc1. The Labute approximate surface area is 117 Å². The number of piperazine rings is 1. The second-order valence-electron chi connectivity index (χ2n) is 5.26. The van der Waals surface area contributed by atoms with Crippen LogP contribution in [0, 0.1) is 5.92 Å². The normalized spacial score (nSPS) is 21.3. The summed E-state index contributed by atoms with van der Waals surface area (Å²) in [6.45, 7) is 5.72. The highest BCUT2D eigenvalue weighted by atomic mass is 79.9. The summed E-state index contributed by atoms with van der Waals surface area (Å²) in [5.41, 5.74) is 1.13. The first-order chi connectivity index (χ1) is 8.85. The lowest BCUT2D eigenvalue weighted by atomic mass is 10.3. The van der Waals surface area contributed by atoms with Crippen molar-refractivity contribution in [2.75, 3.05) is 37.6 Å². The molecule has 1 aromatic rings. The molecule has 1 saturated carbocycles. The molecule has 2 aliphatic rings. The highest BCUT2D eigenvalue weighted by Crippen LogP contribution is 2.30. The van der Waals surface area contributed by atoms with E-state index in [4.69, 9.17) is 0 Å². The second-order valence-corrected chi connectivity index (χ2v) is 5.82. The van der Waals surface area contributed by atoms with Crippen LogP contribution in [0.2, 0.25) is 0 Å². The van der Waals surface area contributed by atoms with Crippen LogP contribution in [-0.2, 0) is 5.33 Å². The lowest BCUT2D eigenvalue weighted by molar-refractivity contribution is 0.247. The van der Waals surface area contributed by atoms with E-state index in [0.29, 0.717) is 0 Å². The van der Waals surface area contributed by atoms with E-state index < -0.39 is 0 Å². The van der Waals surface area contributed by atoms with Crippen LogP contribution in [-0.4, -0.2) is 47.6 Å². The molecule has 4 nitrogen and oxygen atoms in total. The molecule has 1 saturated heterocycles. The minimum atomic E-state index is 0.822. The minimum absolute atomic E-state index is 0.822. The molecule has 0 radical (unpaired) electrons. The van der Waals surface area contributed by atoms with E-state index in [0.717, 1.165) is 48.9 Å². The van der Waals surface area contributed by atoms with Gasteiger partial charge in [-0.25, -0.2) is 9.97 Å². The van der Waals surface area contributed by atoms with E-state index in [-0.39, 0.29) is 0 Å². The first-order valence-corrected chi connectivity index (χ1v) is 7.81. The number of halogens is 1. The van der Waals surface area contributed by atoms with Crippen LogP contribution in [0.3, 0.4) is 0 Å². The summed E-state index contributed by atoms with van der Waals surface area (Å²) in [6, 6.07) is 0. The number of hydrogen-bond acceptors (Lipinski definition) is 4. The average Bonchev–Trinajstić information content (AvgIpc) is 3.24. The molecular formula is C13H19BrN4. The first-order valence-electron chi connectivity index (χ1n) is 6.69. The predicted octanol–water partition coefficient (Wildman–Crippen LogP) is 1.90. The smallest absolute Gasteiger partial charge is 0.225 e. The highest BCUT2D eigenvalue weighted by molar-refractivity contribution is 9.08. The molecule has 0 amide bonds. The molecule has 5 heteroatoms. The van der Waals surface area contributed by atoms with Gasteiger partial charge in [-0.3, -0.25) is 4.90 Å². The Hall–Kier alpha value is -0.680. The van der Waals surface area contributed by atoms with Crippen molar-refractivity contribution in [3.8, 4) is 0 Å². The molecule has 2 fully saturated rings. The fourth-order valence-corrected chi connectivity index (χ4v) is 2.67. The van der Waals surface area contributed by atoms with E-state index in [9.17, 15) is 0 Å². The van der Waals surface area contributed by atoms with Gasteiger partial charge >= 0.3 is 0 Å². The molecule has 0 bridgehead atoms. The van der Waals surface area contributed by atoms with Gasteiger partial charge < -0.3 is 4.90 Å². The number of alkyl halides is 1. The maximum Gasteiger partial charge on any atom is 0.225 e. The summed E-state index contributed by atoms with van der Waals surface area (Å²) < 4.78 is 0. The topological polar surface area (TPSA) is 32.3 Å². The number of nitrogens with zero attached hydrogens (tertiary/aromatic N) is 4. The maximum absolute atomic E-state index is 4.44. The summed E-state index contributed by atoms with van der Waals surface area (Å²) in [5, 5.41) is 0.822. The Morgan fingerprint density at radius 2 is 1.78 bits per heavy atom. The van der Waals surface area contributed by atoms with Crippen LogP contribution in [0.15, 0.2) is 12.4 Å². The molecule has 1 aliphatic heterocycles. The predicted molar refractivity (Wildman–Crippen MR) is 76.0 cm³/mol. The van der Waals surface area contributed by atoms with Crippen molar-refractivity contribution in [3.63, 3.8) is 0 Å². The van der Waals surface area contributed by atoms with Crippen LogP contribution in [0.4, 0.5) is 5.95 Å². The van der Waals surface area contributed by atoms with Crippen molar-refractivity contribution in [2.45, 2.75) is 18.2 Å². The quantitative estimate of drug-likeness (QED) is 0.795. The molecule has 0 aromatic carbocycles. The summed E-state index contributed by atoms with van der Waals surface area (Å²) in [7, 11) is 0. The van der Waals surface area contributed by atoms with Crippen LogP contribution < -0.4 is 4.90 Å². The van der Waals surface area contributed by atoms with Gasteiger partial charge in [-0.05, 0) is 24.3 Å². The summed E-state index contributed by atoms with van der Waals surface area (Å²) in [5.74, 6) is 1.87. The van der Waals surface area contributed by atoms with E-state index >= 15 is 0 Å². The van der Waals surface area contributed by atoms with Crippen molar-refractivity contribution < 1.29 is 0 Å². The monoisotopic (exact) mass is 310 g/mol. The Morgan fingerprint density at radius 1 is 1.11 bits per heavy atom. The third kappa shape index (κ3) is 3.01. The summed E-state index contributed by atoms with van der Waals surface area (Å²) >= 11 is 3.41. The van der Waals surface area contributed by atoms with Crippen molar-refractivity contribution in [2.24, 2.45) is 5.92 Å². The summed E-state index contributed by atoms with van der Waals surface area (Å²) in [6.07, 6.45) is 6.70. The zero-order valence-corrected chi connectivity index (χ0v) is 12.1.